The molecule has 150 valence electrons. The summed E-state index contributed by atoms with van der Waals surface area (Å²) in [7, 11) is 0. The molecule has 0 N–H and O–H groups in total. The third kappa shape index (κ3) is 2.83. The normalized spacial score (nSPS) is 42.4. The average molecular weight is 379 g/mol. The van der Waals surface area contributed by atoms with Gasteiger partial charge < -0.3 is 4.74 Å². The van der Waals surface area contributed by atoms with Crippen molar-refractivity contribution in [3.8, 4) is 0 Å². The van der Waals surface area contributed by atoms with Gasteiger partial charge in [0, 0.05) is 11.8 Å². The van der Waals surface area contributed by atoms with Gasteiger partial charge in [0.2, 0.25) is 0 Å². The number of rotatable bonds is 3. The van der Waals surface area contributed by atoms with Crippen molar-refractivity contribution in [2.45, 2.75) is 77.9 Å². The first-order valence-corrected chi connectivity index (χ1v) is 11.4. The lowest BCUT2D eigenvalue weighted by atomic mass is 9.48. The van der Waals surface area contributed by atoms with Gasteiger partial charge in [-0.05, 0) is 73.7 Å². The molecule has 4 aliphatic rings. The van der Waals surface area contributed by atoms with Crippen LogP contribution in [0.15, 0.2) is 42.0 Å². The summed E-state index contributed by atoms with van der Waals surface area (Å²) in [5.41, 5.74) is 3.25. The number of carbonyl (C=O) groups excluding carboxylic acids is 1. The molecule has 0 heterocycles. The van der Waals surface area contributed by atoms with E-state index in [1.54, 1.807) is 5.57 Å². The van der Waals surface area contributed by atoms with E-state index in [0.717, 1.165) is 44.1 Å². The predicted octanol–water partition coefficient (Wildman–Crippen LogP) is 6.10. The van der Waals surface area contributed by atoms with E-state index in [9.17, 15) is 4.79 Å². The molecule has 0 spiro atoms. The first kappa shape index (κ1) is 18.6. The highest BCUT2D eigenvalue weighted by Crippen LogP contribution is 2.64. The summed E-state index contributed by atoms with van der Waals surface area (Å²) < 4.78 is 6.31. The molecule has 0 radical (unpaired) electrons. The average Bonchev–Trinajstić information content (AvgIpc) is 3.02. The Kier molecular flexibility index (Phi) is 4.54. The van der Waals surface area contributed by atoms with Crippen LogP contribution in [-0.2, 0) is 16.1 Å². The van der Waals surface area contributed by atoms with Crippen molar-refractivity contribution in [2.24, 2.45) is 28.6 Å². The second-order valence-electron chi connectivity index (χ2n) is 10.3. The zero-order valence-electron chi connectivity index (χ0n) is 17.5. The number of allylic oxidation sites excluding steroid dienone is 1. The largest absolute Gasteiger partial charge is 0.373 e. The molecule has 0 saturated heterocycles. The monoisotopic (exact) mass is 378 g/mol. The first-order chi connectivity index (χ1) is 13.5. The summed E-state index contributed by atoms with van der Waals surface area (Å²) in [5, 5.41) is 0. The number of ether oxygens (including phenoxy) is 1. The van der Waals surface area contributed by atoms with Gasteiger partial charge in [-0.15, -0.1) is 0 Å². The SMILES string of the molecule is C[C@]12CCC(OCc3ccccc3)CC1=CC[C@@H]1[C@@H]2CC[C@]2(C)C(=O)CC[C@@H]12. The summed E-state index contributed by atoms with van der Waals surface area (Å²) >= 11 is 0. The molecule has 28 heavy (non-hydrogen) atoms. The highest BCUT2D eigenvalue weighted by molar-refractivity contribution is 5.87. The molecule has 1 aromatic carbocycles. The van der Waals surface area contributed by atoms with Gasteiger partial charge in [-0.3, -0.25) is 4.79 Å². The molecule has 4 aliphatic carbocycles. The van der Waals surface area contributed by atoms with Crippen LogP contribution in [0.3, 0.4) is 0 Å². The van der Waals surface area contributed by atoms with Crippen LogP contribution < -0.4 is 0 Å². The predicted molar refractivity (Wildman–Crippen MR) is 112 cm³/mol. The van der Waals surface area contributed by atoms with Gasteiger partial charge in [-0.25, -0.2) is 0 Å². The molecule has 2 nitrogen and oxygen atoms in total. The third-order valence-electron chi connectivity index (χ3n) is 9.10. The van der Waals surface area contributed by atoms with Crippen LogP contribution in [0.4, 0.5) is 0 Å². The van der Waals surface area contributed by atoms with Gasteiger partial charge in [0.1, 0.15) is 5.78 Å². The fourth-order valence-electron chi connectivity index (χ4n) is 7.33. The van der Waals surface area contributed by atoms with E-state index < -0.39 is 0 Å². The van der Waals surface area contributed by atoms with Gasteiger partial charge in [0.25, 0.3) is 0 Å². The molecule has 0 amide bonds. The highest BCUT2D eigenvalue weighted by atomic mass is 16.5. The quantitative estimate of drug-likeness (QED) is 0.594. The summed E-state index contributed by atoms with van der Waals surface area (Å²) in [6.07, 6.45) is 12.0. The minimum atomic E-state index is -0.0150. The van der Waals surface area contributed by atoms with Crippen molar-refractivity contribution in [1.29, 1.82) is 0 Å². The second-order valence-corrected chi connectivity index (χ2v) is 10.3. The van der Waals surface area contributed by atoms with E-state index in [-0.39, 0.29) is 5.41 Å². The van der Waals surface area contributed by atoms with E-state index in [2.05, 4.69) is 50.3 Å². The second kappa shape index (κ2) is 6.83. The van der Waals surface area contributed by atoms with Crippen LogP contribution in [0.25, 0.3) is 0 Å². The molecular weight excluding hydrogens is 344 g/mol. The molecule has 3 fully saturated rings. The van der Waals surface area contributed by atoms with Crippen molar-refractivity contribution in [2.75, 3.05) is 0 Å². The molecule has 0 bridgehead atoms. The number of benzene rings is 1. The Bertz CT molecular complexity index is 781. The molecule has 0 aliphatic heterocycles. The van der Waals surface area contributed by atoms with Crippen molar-refractivity contribution < 1.29 is 9.53 Å². The zero-order chi connectivity index (χ0) is 19.4. The first-order valence-electron chi connectivity index (χ1n) is 11.4. The van der Waals surface area contributed by atoms with Crippen LogP contribution in [0, 0.1) is 28.6 Å². The molecule has 1 aromatic rings. The Balaban J connectivity index is 1.31. The number of carbonyl (C=O) groups is 1. The minimum absolute atomic E-state index is 0.0150. The lowest BCUT2D eigenvalue weighted by Crippen LogP contribution is -2.50. The van der Waals surface area contributed by atoms with Crippen LogP contribution in [-0.4, -0.2) is 11.9 Å². The number of ketones is 1. The van der Waals surface area contributed by atoms with E-state index >= 15 is 0 Å². The smallest absolute Gasteiger partial charge is 0.139 e. The fourth-order valence-corrected chi connectivity index (χ4v) is 7.33. The fraction of sp³-hybridized carbons (Fsp3) is 0.654. The van der Waals surface area contributed by atoms with Crippen molar-refractivity contribution in [3.05, 3.63) is 47.5 Å². The van der Waals surface area contributed by atoms with Crippen LogP contribution >= 0.6 is 0 Å². The van der Waals surface area contributed by atoms with Crippen molar-refractivity contribution in [1.82, 2.24) is 0 Å². The highest BCUT2D eigenvalue weighted by Gasteiger charge is 2.58. The minimum Gasteiger partial charge on any atom is -0.373 e. The molecule has 1 unspecified atom stereocenters. The zero-order valence-corrected chi connectivity index (χ0v) is 17.5. The third-order valence-corrected chi connectivity index (χ3v) is 9.10. The summed E-state index contributed by atoms with van der Waals surface area (Å²) in [5.74, 6) is 2.67. The van der Waals surface area contributed by atoms with Crippen LogP contribution in [0.5, 0.6) is 0 Å². The Hall–Kier alpha value is -1.41. The van der Waals surface area contributed by atoms with Crippen LogP contribution in [0.1, 0.15) is 70.8 Å². The summed E-state index contributed by atoms with van der Waals surface area (Å²) in [4.78, 5) is 12.6. The van der Waals surface area contributed by atoms with E-state index in [4.69, 9.17) is 4.74 Å². The molecule has 3 saturated carbocycles. The molecule has 2 heteroatoms. The maximum absolute atomic E-state index is 12.6. The number of fused-ring (bicyclic) bond motifs is 5. The lowest BCUT2D eigenvalue weighted by molar-refractivity contribution is -0.132. The molecule has 5 rings (SSSR count). The van der Waals surface area contributed by atoms with Gasteiger partial charge in [-0.1, -0.05) is 55.8 Å². The van der Waals surface area contributed by atoms with Gasteiger partial charge in [-0.2, -0.15) is 0 Å². The van der Waals surface area contributed by atoms with Crippen LogP contribution in [0.2, 0.25) is 0 Å². The lowest BCUT2D eigenvalue weighted by Gasteiger charge is -2.57. The van der Waals surface area contributed by atoms with E-state index in [1.165, 1.54) is 31.2 Å². The summed E-state index contributed by atoms with van der Waals surface area (Å²) in [6, 6.07) is 10.5. The maximum Gasteiger partial charge on any atom is 0.139 e. The van der Waals surface area contributed by atoms with Gasteiger partial charge in [0.15, 0.2) is 0 Å². The van der Waals surface area contributed by atoms with E-state index in [1.807, 2.05) is 0 Å². The molecular formula is C26H34O2. The van der Waals surface area contributed by atoms with Gasteiger partial charge >= 0.3 is 0 Å². The Morgan fingerprint density at radius 3 is 2.57 bits per heavy atom. The molecule has 0 aromatic heterocycles. The maximum atomic E-state index is 12.6. The Morgan fingerprint density at radius 1 is 1.00 bits per heavy atom. The standard InChI is InChI=1S/C26H34O2/c1-25-14-12-20(28-17-18-6-4-3-5-7-18)16-19(25)8-9-21-22-10-11-24(27)26(22,2)15-13-23(21)25/h3-8,20-23H,9-17H2,1-2H3/t20?,21-,22-,23-,25-,26-/m0/s1. The van der Waals surface area contributed by atoms with Crippen molar-refractivity contribution in [3.63, 3.8) is 0 Å². The van der Waals surface area contributed by atoms with Crippen molar-refractivity contribution >= 4 is 5.78 Å². The number of hydrogen-bond acceptors (Lipinski definition) is 2. The summed E-state index contributed by atoms with van der Waals surface area (Å²) in [6.45, 7) is 5.53. The van der Waals surface area contributed by atoms with Gasteiger partial charge in [0.05, 0.1) is 12.7 Å². The number of Topliss-reactive ketones (excluding diaryl/α,β-unsaturated/α-hetero) is 1. The topological polar surface area (TPSA) is 26.3 Å². The Labute approximate surface area is 169 Å². The number of hydrogen-bond donors (Lipinski definition) is 0. The molecule has 6 atom stereocenters. The van der Waals surface area contributed by atoms with E-state index in [0.29, 0.717) is 23.2 Å². The Morgan fingerprint density at radius 2 is 1.75 bits per heavy atom.